The first-order chi connectivity index (χ1) is 19.1. The lowest BCUT2D eigenvalue weighted by Gasteiger charge is -2.30. The van der Waals surface area contributed by atoms with Crippen LogP contribution in [0.1, 0.15) is 67.7 Å². The topological polar surface area (TPSA) is 157 Å². The quantitative estimate of drug-likeness (QED) is 0.327. The summed E-state index contributed by atoms with van der Waals surface area (Å²) in [5.41, 5.74) is 1.67. The molecule has 40 heavy (non-hydrogen) atoms. The van der Waals surface area contributed by atoms with Gasteiger partial charge < -0.3 is 19.7 Å². The summed E-state index contributed by atoms with van der Waals surface area (Å²) in [5.74, 6) is -0.362. The Bertz CT molecular complexity index is 1270. The van der Waals surface area contributed by atoms with E-state index in [9.17, 15) is 22.6 Å². The van der Waals surface area contributed by atoms with Crippen molar-refractivity contribution < 1.29 is 31.6 Å². The van der Waals surface area contributed by atoms with Gasteiger partial charge in [0, 0.05) is 18.8 Å². The van der Waals surface area contributed by atoms with Crippen LogP contribution in [0.25, 0.3) is 0 Å². The van der Waals surface area contributed by atoms with Crippen molar-refractivity contribution in [3.8, 4) is 0 Å². The largest absolute Gasteiger partial charge is 0.351 e. The summed E-state index contributed by atoms with van der Waals surface area (Å²) in [5, 5.41) is 5.55. The highest BCUT2D eigenvalue weighted by Crippen LogP contribution is 2.49. The molecule has 1 aromatic carbocycles. The number of urea groups is 1. The molecule has 3 amide bonds. The van der Waals surface area contributed by atoms with Gasteiger partial charge in [-0.3, -0.25) is 14.3 Å². The molecule has 1 fully saturated rings. The van der Waals surface area contributed by atoms with Gasteiger partial charge in [-0.05, 0) is 57.7 Å². The van der Waals surface area contributed by atoms with Gasteiger partial charge in [-0.1, -0.05) is 31.4 Å². The number of carbonyl (C=O) groups excluding carboxylic acids is 2. The zero-order valence-electron chi connectivity index (χ0n) is 23.2. The second-order valence-electron chi connectivity index (χ2n) is 9.42. The van der Waals surface area contributed by atoms with Crippen molar-refractivity contribution >= 4 is 29.6 Å². The van der Waals surface area contributed by atoms with E-state index in [1.165, 1.54) is 24.5 Å². The number of aryl methyl sites for hydroxylation is 1. The molecule has 2 aromatic rings. The fraction of sp³-hybridized carbons (Fsp3) is 0.538. The molecule has 220 valence electrons. The minimum Gasteiger partial charge on any atom is -0.350 e. The minimum atomic E-state index is -4.41. The van der Waals surface area contributed by atoms with Gasteiger partial charge in [-0.2, -0.15) is 0 Å². The van der Waals surface area contributed by atoms with Gasteiger partial charge in [-0.25, -0.2) is 22.5 Å². The summed E-state index contributed by atoms with van der Waals surface area (Å²) in [6, 6.07) is 4.94. The third-order valence-electron chi connectivity index (χ3n) is 6.34. The number of nitrogens with zero attached hydrogens (tertiary/aromatic N) is 3. The number of aromatic nitrogens is 2. The summed E-state index contributed by atoms with van der Waals surface area (Å²) in [6.07, 6.45) is 7.03. The highest BCUT2D eigenvalue weighted by molar-refractivity contribution is 7.90. The Kier molecular flexibility index (Phi) is 11.6. The summed E-state index contributed by atoms with van der Waals surface area (Å²) >= 11 is 0. The molecule has 1 aliphatic carbocycles. The van der Waals surface area contributed by atoms with Crippen molar-refractivity contribution in [1.29, 1.82) is 0 Å². The first kappa shape index (κ1) is 31.7. The molecule has 12 nitrogen and oxygen atoms in total. The number of hydrogen-bond donors (Lipinski definition) is 2. The van der Waals surface area contributed by atoms with Crippen molar-refractivity contribution in [2.75, 3.05) is 26.0 Å². The Morgan fingerprint density at radius 2 is 1.68 bits per heavy atom. The van der Waals surface area contributed by atoms with Crippen molar-refractivity contribution in [3.05, 3.63) is 53.6 Å². The predicted molar refractivity (Wildman–Crippen MR) is 149 cm³/mol. The van der Waals surface area contributed by atoms with Gasteiger partial charge in [0.2, 0.25) is 0 Å². The predicted octanol–water partition coefficient (Wildman–Crippen LogP) is 4.01. The maximum absolute atomic E-state index is 13.7. The standard InChI is InChI=1S/C26H38N5O7PS/c1-4-37-39(34,38-5-2)19-31(26(33)30-22-9-7-6-8-10-22)40(35,36)23-13-11-21(12-14-23)15-16-27-25(32)24-18-28-20(3)17-29-24/h11-14,17-18,22H,4-10,15-16,19H2,1-3H3,(H,27,32)(H,30,33). The summed E-state index contributed by atoms with van der Waals surface area (Å²) in [6.45, 7) is 5.35. The van der Waals surface area contributed by atoms with Gasteiger partial charge in [0.1, 0.15) is 12.0 Å². The van der Waals surface area contributed by atoms with Crippen LogP contribution >= 0.6 is 7.60 Å². The Morgan fingerprint density at radius 1 is 1.02 bits per heavy atom. The zero-order valence-corrected chi connectivity index (χ0v) is 24.9. The van der Waals surface area contributed by atoms with E-state index >= 15 is 0 Å². The highest BCUT2D eigenvalue weighted by Gasteiger charge is 2.38. The number of nitrogens with one attached hydrogen (secondary N) is 2. The molecule has 1 saturated carbocycles. The van der Waals surface area contributed by atoms with E-state index in [-0.39, 0.29) is 35.8 Å². The smallest absolute Gasteiger partial charge is 0.350 e. The molecule has 1 aliphatic rings. The number of sulfonamides is 1. The first-order valence-electron chi connectivity index (χ1n) is 13.4. The first-order valence-corrected chi connectivity index (χ1v) is 16.6. The van der Waals surface area contributed by atoms with Crippen LogP contribution in [0.3, 0.4) is 0 Å². The molecule has 1 heterocycles. The summed E-state index contributed by atoms with van der Waals surface area (Å²) < 4.78 is 51.7. The molecule has 0 bridgehead atoms. The number of carbonyl (C=O) groups is 2. The minimum absolute atomic E-state index is 0.0249. The number of benzene rings is 1. The van der Waals surface area contributed by atoms with Crippen LogP contribution in [0.2, 0.25) is 0 Å². The SMILES string of the molecule is CCOP(=O)(CN(C(=O)NC1CCCCC1)S(=O)(=O)c1ccc(CCNC(=O)c2cnc(C)cn2)cc1)OCC. The number of amides is 3. The average Bonchev–Trinajstić information content (AvgIpc) is 2.93. The molecule has 1 aromatic heterocycles. The third-order valence-corrected chi connectivity index (χ3v) is 10.2. The number of hydrogen-bond acceptors (Lipinski definition) is 9. The van der Waals surface area contributed by atoms with Crippen LogP contribution in [0, 0.1) is 6.92 Å². The lowest BCUT2D eigenvalue weighted by molar-refractivity contribution is 0.0948. The van der Waals surface area contributed by atoms with Gasteiger partial charge in [0.25, 0.3) is 15.9 Å². The Hall–Kier alpha value is -2.86. The summed E-state index contributed by atoms with van der Waals surface area (Å²) in [7, 11) is -8.33. The number of rotatable bonds is 13. The molecule has 0 spiro atoms. The monoisotopic (exact) mass is 595 g/mol. The molecule has 0 aliphatic heterocycles. The molecule has 0 atom stereocenters. The molecule has 0 radical (unpaired) electrons. The molecular weight excluding hydrogens is 557 g/mol. The summed E-state index contributed by atoms with van der Waals surface area (Å²) in [4.78, 5) is 33.5. The third kappa shape index (κ3) is 8.82. The highest BCUT2D eigenvalue weighted by atomic mass is 32.2. The fourth-order valence-electron chi connectivity index (χ4n) is 4.29. The normalized spacial score (nSPS) is 14.5. The van der Waals surface area contributed by atoms with E-state index in [1.807, 2.05) is 0 Å². The van der Waals surface area contributed by atoms with Crippen molar-refractivity contribution in [2.45, 2.75) is 70.2 Å². The molecule has 3 rings (SSSR count). The molecule has 0 unspecified atom stereocenters. The van der Waals surface area contributed by atoms with Crippen LogP contribution < -0.4 is 10.6 Å². The zero-order chi connectivity index (χ0) is 29.2. The Morgan fingerprint density at radius 3 is 2.25 bits per heavy atom. The Labute approximate surface area is 235 Å². The lowest BCUT2D eigenvalue weighted by atomic mass is 9.96. The van der Waals surface area contributed by atoms with Gasteiger partial charge >= 0.3 is 13.6 Å². The van der Waals surface area contributed by atoms with E-state index in [1.54, 1.807) is 32.9 Å². The van der Waals surface area contributed by atoms with Crippen LogP contribution in [-0.2, 0) is 30.1 Å². The average molecular weight is 596 g/mol. The van der Waals surface area contributed by atoms with Crippen molar-refractivity contribution in [1.82, 2.24) is 24.9 Å². The lowest BCUT2D eigenvalue weighted by Crippen LogP contribution is -2.48. The van der Waals surface area contributed by atoms with Gasteiger partial charge in [0.15, 0.2) is 0 Å². The van der Waals surface area contributed by atoms with Crippen LogP contribution in [0.15, 0.2) is 41.6 Å². The molecule has 14 heteroatoms. The fourth-order valence-corrected chi connectivity index (χ4v) is 7.79. The molecule has 2 N–H and O–H groups in total. The van der Waals surface area contributed by atoms with Gasteiger partial charge in [-0.15, -0.1) is 0 Å². The second kappa shape index (κ2) is 14.7. The van der Waals surface area contributed by atoms with E-state index in [0.717, 1.165) is 37.7 Å². The maximum Gasteiger partial charge on any atom is 0.351 e. The van der Waals surface area contributed by atoms with E-state index < -0.39 is 29.9 Å². The maximum atomic E-state index is 13.7. The van der Waals surface area contributed by atoms with Crippen LogP contribution in [0.5, 0.6) is 0 Å². The van der Waals surface area contributed by atoms with Crippen LogP contribution in [0.4, 0.5) is 4.79 Å². The Balaban J connectivity index is 1.74. The van der Waals surface area contributed by atoms with E-state index in [2.05, 4.69) is 20.6 Å². The van der Waals surface area contributed by atoms with E-state index in [0.29, 0.717) is 23.0 Å². The van der Waals surface area contributed by atoms with Crippen molar-refractivity contribution in [2.24, 2.45) is 0 Å². The molecule has 0 saturated heterocycles. The second-order valence-corrected chi connectivity index (χ2v) is 13.3. The van der Waals surface area contributed by atoms with E-state index in [4.69, 9.17) is 9.05 Å². The molecular formula is C26H38N5O7PS. The van der Waals surface area contributed by atoms with Gasteiger partial charge in [0.05, 0.1) is 30.0 Å². The van der Waals surface area contributed by atoms with Crippen molar-refractivity contribution in [3.63, 3.8) is 0 Å². The van der Waals surface area contributed by atoms with Crippen LogP contribution in [-0.4, -0.2) is 66.7 Å².